The van der Waals surface area contributed by atoms with Gasteiger partial charge in [-0.05, 0) is 43.0 Å². The highest BCUT2D eigenvalue weighted by Gasteiger charge is 2.02. The van der Waals surface area contributed by atoms with Crippen LogP contribution in [-0.4, -0.2) is 6.04 Å². The number of nitrogens with one attached hydrogen (secondary N) is 1. The first-order valence-electron chi connectivity index (χ1n) is 6.76. The molecule has 2 heteroatoms. The maximum Gasteiger partial charge on any atom is 0.0208 e. The Labute approximate surface area is 124 Å². The Morgan fingerprint density at radius 1 is 1.00 bits per heavy atom. The number of hydrogen-bond acceptors (Lipinski definition) is 1. The normalized spacial score (nSPS) is 12.3. The van der Waals surface area contributed by atoms with Gasteiger partial charge in [0, 0.05) is 17.1 Å². The van der Waals surface area contributed by atoms with E-state index in [4.69, 9.17) is 0 Å². The van der Waals surface area contributed by atoms with E-state index in [0.717, 1.165) is 23.9 Å². The molecule has 1 atom stereocenters. The molecule has 0 saturated heterocycles. The van der Waals surface area contributed by atoms with Gasteiger partial charge in [0.25, 0.3) is 0 Å². The fourth-order valence-corrected chi connectivity index (χ4v) is 2.52. The lowest BCUT2D eigenvalue weighted by Gasteiger charge is -2.14. The number of hydrogen-bond donors (Lipinski definition) is 1. The average molecular weight is 318 g/mol. The summed E-state index contributed by atoms with van der Waals surface area (Å²) < 4.78 is 1.14. The molecule has 0 radical (unpaired) electrons. The lowest BCUT2D eigenvalue weighted by Crippen LogP contribution is -2.25. The van der Waals surface area contributed by atoms with Gasteiger partial charge in [-0.3, -0.25) is 0 Å². The standard InChI is InChI=1S/C17H20BrN/c1-14(10-11-15-6-3-2-4-7-15)19-13-16-8-5-9-17(18)12-16/h2-9,12,14,19H,10-11,13H2,1H3/t14-/m0/s1. The number of rotatable bonds is 6. The second kappa shape index (κ2) is 7.46. The van der Waals surface area contributed by atoms with Crippen molar-refractivity contribution in [2.45, 2.75) is 32.4 Å². The molecule has 0 fully saturated rings. The van der Waals surface area contributed by atoms with E-state index in [0.29, 0.717) is 6.04 Å². The van der Waals surface area contributed by atoms with Crippen molar-refractivity contribution < 1.29 is 0 Å². The molecule has 0 heterocycles. The maximum absolute atomic E-state index is 3.58. The van der Waals surface area contributed by atoms with Crippen LogP contribution in [0.4, 0.5) is 0 Å². The first-order valence-corrected chi connectivity index (χ1v) is 7.55. The molecular weight excluding hydrogens is 298 g/mol. The quantitative estimate of drug-likeness (QED) is 0.823. The van der Waals surface area contributed by atoms with Crippen molar-refractivity contribution in [3.05, 3.63) is 70.2 Å². The van der Waals surface area contributed by atoms with E-state index in [-0.39, 0.29) is 0 Å². The molecule has 1 nitrogen and oxygen atoms in total. The first kappa shape index (κ1) is 14.3. The van der Waals surface area contributed by atoms with Gasteiger partial charge in [-0.1, -0.05) is 58.4 Å². The van der Waals surface area contributed by atoms with Crippen LogP contribution in [0.3, 0.4) is 0 Å². The molecule has 0 amide bonds. The van der Waals surface area contributed by atoms with Crippen LogP contribution in [0.2, 0.25) is 0 Å². The molecule has 0 bridgehead atoms. The fraction of sp³-hybridized carbons (Fsp3) is 0.294. The molecule has 2 rings (SSSR count). The lowest BCUT2D eigenvalue weighted by molar-refractivity contribution is 0.514. The Hall–Kier alpha value is -1.12. The maximum atomic E-state index is 3.58. The summed E-state index contributed by atoms with van der Waals surface area (Å²) in [6.07, 6.45) is 2.30. The van der Waals surface area contributed by atoms with Crippen LogP contribution in [0.25, 0.3) is 0 Å². The van der Waals surface area contributed by atoms with Gasteiger partial charge in [-0.2, -0.15) is 0 Å². The Kier molecular flexibility index (Phi) is 5.62. The third kappa shape index (κ3) is 5.17. The highest BCUT2D eigenvalue weighted by Crippen LogP contribution is 2.12. The molecule has 0 aliphatic rings. The van der Waals surface area contributed by atoms with Crippen LogP contribution in [-0.2, 0) is 13.0 Å². The summed E-state index contributed by atoms with van der Waals surface area (Å²) in [5, 5.41) is 3.58. The third-order valence-corrected chi connectivity index (χ3v) is 3.75. The van der Waals surface area contributed by atoms with Gasteiger partial charge in [-0.25, -0.2) is 0 Å². The van der Waals surface area contributed by atoms with Crippen molar-refractivity contribution in [2.75, 3.05) is 0 Å². The van der Waals surface area contributed by atoms with E-state index in [1.807, 2.05) is 0 Å². The zero-order valence-corrected chi connectivity index (χ0v) is 12.9. The highest BCUT2D eigenvalue weighted by molar-refractivity contribution is 9.10. The number of halogens is 1. The van der Waals surface area contributed by atoms with Crippen LogP contribution >= 0.6 is 15.9 Å². The van der Waals surface area contributed by atoms with Crippen LogP contribution < -0.4 is 5.32 Å². The van der Waals surface area contributed by atoms with Crippen molar-refractivity contribution in [1.82, 2.24) is 5.32 Å². The van der Waals surface area contributed by atoms with Gasteiger partial charge in [0.05, 0.1) is 0 Å². The minimum atomic E-state index is 0.527. The largest absolute Gasteiger partial charge is 0.310 e. The third-order valence-electron chi connectivity index (χ3n) is 3.25. The van der Waals surface area contributed by atoms with Crippen molar-refractivity contribution in [3.8, 4) is 0 Å². The minimum absolute atomic E-state index is 0.527. The predicted molar refractivity (Wildman–Crippen MR) is 85.2 cm³/mol. The second-order valence-electron chi connectivity index (χ2n) is 4.94. The van der Waals surface area contributed by atoms with Gasteiger partial charge < -0.3 is 5.32 Å². The fourth-order valence-electron chi connectivity index (χ4n) is 2.07. The predicted octanol–water partition coefficient (Wildman–Crippen LogP) is 4.56. The SMILES string of the molecule is C[C@@H](CCc1ccccc1)NCc1cccc(Br)c1. The van der Waals surface area contributed by atoms with E-state index < -0.39 is 0 Å². The summed E-state index contributed by atoms with van der Waals surface area (Å²) in [6, 6.07) is 19.7. The van der Waals surface area contributed by atoms with E-state index in [1.165, 1.54) is 11.1 Å². The minimum Gasteiger partial charge on any atom is -0.310 e. The zero-order chi connectivity index (χ0) is 13.5. The van der Waals surface area contributed by atoms with Crippen molar-refractivity contribution in [2.24, 2.45) is 0 Å². The Bertz CT molecular complexity index is 496. The van der Waals surface area contributed by atoms with Crippen molar-refractivity contribution >= 4 is 15.9 Å². The molecule has 0 spiro atoms. The first-order chi connectivity index (χ1) is 9.24. The van der Waals surface area contributed by atoms with Crippen LogP contribution in [0, 0.1) is 0 Å². The summed E-state index contributed by atoms with van der Waals surface area (Å²) in [6.45, 7) is 3.18. The highest BCUT2D eigenvalue weighted by atomic mass is 79.9. The zero-order valence-electron chi connectivity index (χ0n) is 11.3. The van der Waals surface area contributed by atoms with Crippen molar-refractivity contribution in [3.63, 3.8) is 0 Å². The molecule has 0 saturated carbocycles. The molecule has 19 heavy (non-hydrogen) atoms. The second-order valence-corrected chi connectivity index (χ2v) is 5.85. The Balaban J connectivity index is 1.74. The van der Waals surface area contributed by atoms with E-state index in [1.54, 1.807) is 0 Å². The van der Waals surface area contributed by atoms with E-state index in [9.17, 15) is 0 Å². The summed E-state index contributed by atoms with van der Waals surface area (Å²) in [5.74, 6) is 0. The average Bonchev–Trinajstić information content (AvgIpc) is 2.44. The monoisotopic (exact) mass is 317 g/mol. The summed E-state index contributed by atoms with van der Waals surface area (Å²) in [5.41, 5.74) is 2.74. The summed E-state index contributed by atoms with van der Waals surface area (Å²) in [4.78, 5) is 0. The Morgan fingerprint density at radius 3 is 2.47 bits per heavy atom. The van der Waals surface area contributed by atoms with Crippen LogP contribution in [0.1, 0.15) is 24.5 Å². The lowest BCUT2D eigenvalue weighted by atomic mass is 10.1. The van der Waals surface area contributed by atoms with Gasteiger partial charge in [0.2, 0.25) is 0 Å². The van der Waals surface area contributed by atoms with Gasteiger partial charge in [0.15, 0.2) is 0 Å². The van der Waals surface area contributed by atoms with Gasteiger partial charge >= 0.3 is 0 Å². The summed E-state index contributed by atoms with van der Waals surface area (Å²) >= 11 is 3.50. The molecule has 2 aromatic rings. The van der Waals surface area contributed by atoms with Crippen LogP contribution in [0.5, 0.6) is 0 Å². The smallest absolute Gasteiger partial charge is 0.0208 e. The molecule has 0 aromatic heterocycles. The number of benzene rings is 2. The molecule has 100 valence electrons. The van der Waals surface area contributed by atoms with Gasteiger partial charge in [-0.15, -0.1) is 0 Å². The molecule has 2 aromatic carbocycles. The van der Waals surface area contributed by atoms with Gasteiger partial charge in [0.1, 0.15) is 0 Å². The van der Waals surface area contributed by atoms with E-state index in [2.05, 4.69) is 82.8 Å². The molecule has 0 aliphatic heterocycles. The van der Waals surface area contributed by atoms with Crippen LogP contribution in [0.15, 0.2) is 59.1 Å². The van der Waals surface area contributed by atoms with E-state index >= 15 is 0 Å². The molecule has 0 unspecified atom stereocenters. The molecular formula is C17H20BrN. The topological polar surface area (TPSA) is 12.0 Å². The Morgan fingerprint density at radius 2 is 1.74 bits per heavy atom. The number of aryl methyl sites for hydroxylation is 1. The molecule has 0 aliphatic carbocycles. The van der Waals surface area contributed by atoms with Crippen molar-refractivity contribution in [1.29, 1.82) is 0 Å². The summed E-state index contributed by atoms with van der Waals surface area (Å²) in [7, 11) is 0. The molecule has 1 N–H and O–H groups in total.